The number of nitrogens with one attached hydrogen (secondary N) is 1. The molecule has 5 nitrogen and oxygen atoms in total. The lowest BCUT2D eigenvalue weighted by atomic mass is 10.0. The van der Waals surface area contributed by atoms with E-state index in [0.717, 1.165) is 18.4 Å². The topological polar surface area (TPSA) is 81.4 Å². The monoisotopic (exact) mass is 338 g/mol. The van der Waals surface area contributed by atoms with Crippen molar-refractivity contribution in [3.8, 4) is 5.75 Å². The predicted molar refractivity (Wildman–Crippen MR) is 95.2 cm³/mol. The first kappa shape index (κ1) is 17.0. The van der Waals surface area contributed by atoms with Gasteiger partial charge in [0.25, 0.3) is 11.8 Å². The minimum absolute atomic E-state index is 0.0406. The second-order valence-corrected chi connectivity index (χ2v) is 6.48. The van der Waals surface area contributed by atoms with Crippen molar-refractivity contribution in [1.82, 2.24) is 5.32 Å². The van der Waals surface area contributed by atoms with Crippen LogP contribution in [0.2, 0.25) is 0 Å². The summed E-state index contributed by atoms with van der Waals surface area (Å²) in [4.78, 5) is 23.3. The molecule has 1 aliphatic carbocycles. The van der Waals surface area contributed by atoms with Crippen LogP contribution in [-0.4, -0.2) is 18.4 Å². The van der Waals surface area contributed by atoms with Gasteiger partial charge in [-0.25, -0.2) is 0 Å². The van der Waals surface area contributed by atoms with Crippen LogP contribution in [0.5, 0.6) is 5.75 Å². The fourth-order valence-corrected chi connectivity index (χ4v) is 2.76. The highest BCUT2D eigenvalue weighted by Crippen LogP contribution is 2.41. The highest BCUT2D eigenvalue weighted by molar-refractivity contribution is 5.94. The SMILES string of the molecule is Cc1ccc([C@H](NC(=O)c2ccc(OCC(N)=O)cc2)C2CC2)cc1. The van der Waals surface area contributed by atoms with E-state index in [4.69, 9.17) is 10.5 Å². The van der Waals surface area contributed by atoms with Crippen LogP contribution >= 0.6 is 0 Å². The van der Waals surface area contributed by atoms with Gasteiger partial charge in [-0.05, 0) is 55.5 Å². The Labute approximate surface area is 147 Å². The molecule has 2 amide bonds. The molecule has 0 bridgehead atoms. The molecule has 0 aliphatic heterocycles. The number of carbonyl (C=O) groups is 2. The third kappa shape index (κ3) is 4.59. The molecule has 1 saturated carbocycles. The Morgan fingerprint density at radius 3 is 2.32 bits per heavy atom. The summed E-state index contributed by atoms with van der Waals surface area (Å²) >= 11 is 0. The quantitative estimate of drug-likeness (QED) is 0.814. The average Bonchev–Trinajstić information content (AvgIpc) is 3.44. The Morgan fingerprint density at radius 1 is 1.12 bits per heavy atom. The number of amides is 2. The maximum Gasteiger partial charge on any atom is 0.255 e. The number of rotatable bonds is 7. The third-order valence-corrected chi connectivity index (χ3v) is 4.31. The minimum atomic E-state index is -0.535. The van der Waals surface area contributed by atoms with Crippen LogP contribution in [0, 0.1) is 12.8 Å². The van der Waals surface area contributed by atoms with E-state index in [1.807, 2.05) is 0 Å². The molecule has 2 aromatic rings. The van der Waals surface area contributed by atoms with Crippen LogP contribution in [0.15, 0.2) is 48.5 Å². The van der Waals surface area contributed by atoms with Gasteiger partial charge in [0.05, 0.1) is 6.04 Å². The number of carbonyl (C=O) groups excluding carboxylic acids is 2. The summed E-state index contributed by atoms with van der Waals surface area (Å²) in [6.45, 7) is 1.87. The number of nitrogens with two attached hydrogens (primary N) is 1. The molecule has 0 saturated heterocycles. The fraction of sp³-hybridized carbons (Fsp3) is 0.300. The molecule has 1 aliphatic rings. The first-order valence-corrected chi connectivity index (χ1v) is 8.41. The van der Waals surface area contributed by atoms with E-state index in [-0.39, 0.29) is 18.6 Å². The van der Waals surface area contributed by atoms with Crippen molar-refractivity contribution < 1.29 is 14.3 Å². The van der Waals surface area contributed by atoms with Crippen LogP contribution in [0.3, 0.4) is 0 Å². The van der Waals surface area contributed by atoms with Gasteiger partial charge in [-0.15, -0.1) is 0 Å². The van der Waals surface area contributed by atoms with Gasteiger partial charge in [0.15, 0.2) is 6.61 Å². The van der Waals surface area contributed by atoms with Crippen molar-refractivity contribution in [2.45, 2.75) is 25.8 Å². The van der Waals surface area contributed by atoms with Crippen molar-refractivity contribution in [3.63, 3.8) is 0 Å². The summed E-state index contributed by atoms with van der Waals surface area (Å²) in [5.74, 6) is 0.364. The molecule has 130 valence electrons. The molecule has 3 N–H and O–H groups in total. The second-order valence-electron chi connectivity index (χ2n) is 6.48. The van der Waals surface area contributed by atoms with Crippen LogP contribution in [0.1, 0.15) is 40.4 Å². The molecule has 0 heterocycles. The molecule has 1 atom stereocenters. The highest BCUT2D eigenvalue weighted by atomic mass is 16.5. The largest absolute Gasteiger partial charge is 0.484 e. The number of primary amides is 1. The van der Waals surface area contributed by atoms with E-state index >= 15 is 0 Å². The van der Waals surface area contributed by atoms with Crippen LogP contribution < -0.4 is 15.8 Å². The van der Waals surface area contributed by atoms with Crippen molar-refractivity contribution in [3.05, 3.63) is 65.2 Å². The predicted octanol–water partition coefficient (Wildman–Crippen LogP) is 2.74. The van der Waals surface area contributed by atoms with Crippen molar-refractivity contribution in [2.24, 2.45) is 11.7 Å². The van der Waals surface area contributed by atoms with Gasteiger partial charge in [-0.1, -0.05) is 29.8 Å². The Kier molecular flexibility index (Phi) is 5.03. The Hall–Kier alpha value is -2.82. The fourth-order valence-electron chi connectivity index (χ4n) is 2.76. The smallest absolute Gasteiger partial charge is 0.255 e. The summed E-state index contributed by atoms with van der Waals surface area (Å²) in [5, 5.41) is 3.15. The molecule has 5 heteroatoms. The van der Waals surface area contributed by atoms with Crippen LogP contribution in [-0.2, 0) is 4.79 Å². The Morgan fingerprint density at radius 2 is 1.76 bits per heavy atom. The molecule has 3 rings (SSSR count). The Balaban J connectivity index is 1.67. The first-order chi connectivity index (χ1) is 12.0. The van der Waals surface area contributed by atoms with Gasteiger partial charge in [-0.2, -0.15) is 0 Å². The molecule has 25 heavy (non-hydrogen) atoms. The molecule has 1 fully saturated rings. The van der Waals surface area contributed by atoms with Gasteiger partial charge in [-0.3, -0.25) is 9.59 Å². The van der Waals surface area contributed by atoms with E-state index in [1.165, 1.54) is 5.56 Å². The van der Waals surface area contributed by atoms with Gasteiger partial charge in [0.1, 0.15) is 5.75 Å². The molecular formula is C20H22N2O3. The summed E-state index contributed by atoms with van der Waals surface area (Å²) in [6.07, 6.45) is 2.28. The van der Waals surface area contributed by atoms with Gasteiger partial charge >= 0.3 is 0 Å². The van der Waals surface area contributed by atoms with E-state index in [2.05, 4.69) is 36.5 Å². The zero-order chi connectivity index (χ0) is 17.8. The van der Waals surface area contributed by atoms with Crippen molar-refractivity contribution in [1.29, 1.82) is 0 Å². The number of aryl methyl sites for hydroxylation is 1. The number of hydrogen-bond donors (Lipinski definition) is 2. The molecule has 0 spiro atoms. The summed E-state index contributed by atoms with van der Waals surface area (Å²) in [5.41, 5.74) is 7.95. The molecular weight excluding hydrogens is 316 g/mol. The van der Waals surface area contributed by atoms with E-state index < -0.39 is 5.91 Å². The summed E-state index contributed by atoms with van der Waals surface area (Å²) in [7, 11) is 0. The summed E-state index contributed by atoms with van der Waals surface area (Å²) in [6, 6.07) is 15.0. The Bertz CT molecular complexity index is 750. The maximum atomic E-state index is 12.6. The molecule has 0 radical (unpaired) electrons. The standard InChI is InChI=1S/C20H22N2O3/c1-13-2-4-14(5-3-13)19(15-6-7-15)22-20(24)16-8-10-17(11-9-16)25-12-18(21)23/h2-5,8-11,15,19H,6-7,12H2,1H3,(H2,21,23)(H,22,24)/t19-/m0/s1. The molecule has 0 aromatic heterocycles. The normalized spacial score (nSPS) is 14.6. The summed E-state index contributed by atoms with van der Waals surface area (Å²) < 4.78 is 5.21. The van der Waals surface area contributed by atoms with E-state index in [9.17, 15) is 9.59 Å². The van der Waals surface area contributed by atoms with Gasteiger partial charge < -0.3 is 15.8 Å². The number of benzene rings is 2. The minimum Gasteiger partial charge on any atom is -0.484 e. The highest BCUT2D eigenvalue weighted by Gasteiger charge is 2.33. The maximum absolute atomic E-state index is 12.6. The van der Waals surface area contributed by atoms with Gasteiger partial charge in [0, 0.05) is 5.56 Å². The zero-order valence-corrected chi connectivity index (χ0v) is 14.2. The lowest BCUT2D eigenvalue weighted by Crippen LogP contribution is -2.29. The average molecular weight is 338 g/mol. The van der Waals surface area contributed by atoms with Crippen molar-refractivity contribution >= 4 is 11.8 Å². The lowest BCUT2D eigenvalue weighted by molar-refractivity contribution is -0.119. The van der Waals surface area contributed by atoms with E-state index in [1.54, 1.807) is 24.3 Å². The first-order valence-electron chi connectivity index (χ1n) is 8.41. The van der Waals surface area contributed by atoms with Crippen molar-refractivity contribution in [2.75, 3.05) is 6.61 Å². The van der Waals surface area contributed by atoms with Gasteiger partial charge in [0.2, 0.25) is 0 Å². The van der Waals surface area contributed by atoms with E-state index in [0.29, 0.717) is 17.2 Å². The third-order valence-electron chi connectivity index (χ3n) is 4.31. The lowest BCUT2D eigenvalue weighted by Gasteiger charge is -2.19. The second kappa shape index (κ2) is 7.38. The van der Waals surface area contributed by atoms with Crippen LogP contribution in [0.25, 0.3) is 0 Å². The zero-order valence-electron chi connectivity index (χ0n) is 14.2. The number of hydrogen-bond acceptors (Lipinski definition) is 3. The molecule has 2 aromatic carbocycles. The molecule has 0 unspecified atom stereocenters. The number of ether oxygens (including phenoxy) is 1. The van der Waals surface area contributed by atoms with Crippen LogP contribution in [0.4, 0.5) is 0 Å².